The number of hydrogen-bond acceptors (Lipinski definition) is 5. The average molecular weight is 573 g/mol. The van der Waals surface area contributed by atoms with Gasteiger partial charge in [0, 0.05) is 32.0 Å². The van der Waals surface area contributed by atoms with Crippen LogP contribution in [0.15, 0.2) is 64.7 Å². The highest BCUT2D eigenvalue weighted by Gasteiger charge is 2.23. The van der Waals surface area contributed by atoms with Crippen molar-refractivity contribution in [1.29, 1.82) is 0 Å². The average Bonchev–Trinajstić information content (AvgIpc) is 3.33. The maximum absolute atomic E-state index is 12.3. The van der Waals surface area contributed by atoms with Gasteiger partial charge in [-0.3, -0.25) is 14.9 Å². The zero-order valence-corrected chi connectivity index (χ0v) is 21.6. The van der Waals surface area contributed by atoms with Gasteiger partial charge < -0.3 is 10.6 Å². The largest absolute Gasteiger partial charge is 0.357 e. The minimum atomic E-state index is -3.56. The van der Waals surface area contributed by atoms with E-state index in [4.69, 9.17) is 4.99 Å². The highest BCUT2D eigenvalue weighted by molar-refractivity contribution is 14.0. The SMILES string of the molecule is CCNC(=NCC(c1ccccc1)N1CCCC1)NCCNS(=O)(=O)c1cccnc1.I. The molecule has 1 aromatic heterocycles. The first kappa shape index (κ1) is 26.5. The van der Waals surface area contributed by atoms with E-state index in [1.807, 2.05) is 13.0 Å². The van der Waals surface area contributed by atoms with Gasteiger partial charge in [-0.25, -0.2) is 13.1 Å². The molecule has 0 aliphatic carbocycles. The molecule has 0 saturated carbocycles. The minimum Gasteiger partial charge on any atom is -0.357 e. The number of hydrogen-bond donors (Lipinski definition) is 3. The summed E-state index contributed by atoms with van der Waals surface area (Å²) < 4.78 is 27.2. The van der Waals surface area contributed by atoms with Gasteiger partial charge in [0.2, 0.25) is 10.0 Å². The number of guanidine groups is 1. The van der Waals surface area contributed by atoms with E-state index in [0.717, 1.165) is 19.6 Å². The Labute approximate surface area is 208 Å². The molecule has 1 fully saturated rings. The first-order valence-corrected chi connectivity index (χ1v) is 12.3. The Bertz CT molecular complexity index is 922. The van der Waals surface area contributed by atoms with Crippen molar-refractivity contribution >= 4 is 40.0 Å². The molecule has 1 aliphatic rings. The van der Waals surface area contributed by atoms with Gasteiger partial charge >= 0.3 is 0 Å². The van der Waals surface area contributed by atoms with Gasteiger partial charge in [-0.15, -0.1) is 24.0 Å². The molecule has 2 aromatic rings. The fraction of sp³-hybridized carbons (Fsp3) is 0.455. The van der Waals surface area contributed by atoms with E-state index in [0.29, 0.717) is 19.0 Å². The first-order chi connectivity index (χ1) is 15.1. The fourth-order valence-electron chi connectivity index (χ4n) is 3.64. The molecule has 1 aromatic carbocycles. The standard InChI is InChI=1S/C22H32N6O2S.HI/c1-2-24-22(25-13-14-27-31(29,30)20-11-8-12-23-17-20)26-18-21(28-15-6-7-16-28)19-9-4-3-5-10-19;/h3-5,8-12,17,21,27H,2,6-7,13-16,18H2,1H3,(H2,24,25,26);1H. The van der Waals surface area contributed by atoms with Crippen LogP contribution in [0.3, 0.4) is 0 Å². The van der Waals surface area contributed by atoms with Crippen LogP contribution in [-0.4, -0.2) is 63.5 Å². The summed E-state index contributed by atoms with van der Waals surface area (Å²) in [5.41, 5.74) is 1.27. The number of pyridine rings is 1. The Morgan fingerprint density at radius 2 is 1.84 bits per heavy atom. The molecule has 32 heavy (non-hydrogen) atoms. The Morgan fingerprint density at radius 3 is 2.50 bits per heavy atom. The maximum atomic E-state index is 12.3. The lowest BCUT2D eigenvalue weighted by atomic mass is 10.1. The summed E-state index contributed by atoms with van der Waals surface area (Å²) in [7, 11) is -3.56. The molecule has 1 saturated heterocycles. The molecule has 0 spiro atoms. The molecular weight excluding hydrogens is 539 g/mol. The zero-order chi connectivity index (χ0) is 21.9. The number of rotatable bonds is 10. The number of sulfonamides is 1. The van der Waals surface area contributed by atoms with Gasteiger partial charge in [0.15, 0.2) is 5.96 Å². The summed E-state index contributed by atoms with van der Waals surface area (Å²) in [6.45, 7) is 6.23. The molecule has 10 heteroatoms. The van der Waals surface area contributed by atoms with Crippen LogP contribution < -0.4 is 15.4 Å². The topological polar surface area (TPSA) is 98.7 Å². The molecule has 0 bridgehead atoms. The molecule has 2 heterocycles. The second-order valence-corrected chi connectivity index (χ2v) is 9.17. The van der Waals surface area contributed by atoms with Crippen molar-refractivity contribution in [1.82, 2.24) is 25.2 Å². The molecule has 3 rings (SSSR count). The second kappa shape index (κ2) is 13.7. The third-order valence-corrected chi connectivity index (χ3v) is 6.63. The summed E-state index contributed by atoms with van der Waals surface area (Å²) >= 11 is 0. The summed E-state index contributed by atoms with van der Waals surface area (Å²) in [6.07, 6.45) is 5.33. The second-order valence-electron chi connectivity index (χ2n) is 7.40. The molecule has 1 atom stereocenters. The highest BCUT2D eigenvalue weighted by Crippen LogP contribution is 2.25. The van der Waals surface area contributed by atoms with Crippen molar-refractivity contribution in [2.75, 3.05) is 39.3 Å². The van der Waals surface area contributed by atoms with E-state index < -0.39 is 10.0 Å². The monoisotopic (exact) mass is 572 g/mol. The van der Waals surface area contributed by atoms with Gasteiger partial charge in [-0.05, 0) is 50.6 Å². The summed E-state index contributed by atoms with van der Waals surface area (Å²) in [6, 6.07) is 13.9. The normalized spacial score (nSPS) is 15.7. The van der Waals surface area contributed by atoms with Crippen LogP contribution in [-0.2, 0) is 10.0 Å². The summed E-state index contributed by atoms with van der Waals surface area (Å²) in [5.74, 6) is 0.684. The van der Waals surface area contributed by atoms with Crippen LogP contribution in [0.1, 0.15) is 31.4 Å². The quantitative estimate of drug-likeness (QED) is 0.175. The number of benzene rings is 1. The van der Waals surface area contributed by atoms with Crippen molar-refractivity contribution in [3.63, 3.8) is 0 Å². The molecular formula is C22H33IN6O2S. The van der Waals surface area contributed by atoms with Crippen LogP contribution >= 0.6 is 24.0 Å². The van der Waals surface area contributed by atoms with Crippen molar-refractivity contribution in [2.24, 2.45) is 4.99 Å². The summed E-state index contributed by atoms with van der Waals surface area (Å²) in [4.78, 5) is 11.3. The van der Waals surface area contributed by atoms with E-state index in [2.05, 4.69) is 49.5 Å². The van der Waals surface area contributed by atoms with Gasteiger partial charge in [-0.2, -0.15) is 0 Å². The molecule has 0 radical (unpaired) electrons. The van der Waals surface area contributed by atoms with Crippen LogP contribution in [0, 0.1) is 0 Å². The molecule has 0 amide bonds. The number of nitrogens with zero attached hydrogens (tertiary/aromatic N) is 3. The van der Waals surface area contributed by atoms with Gasteiger partial charge in [-0.1, -0.05) is 30.3 Å². The molecule has 3 N–H and O–H groups in total. The van der Waals surface area contributed by atoms with Gasteiger partial charge in [0.1, 0.15) is 4.90 Å². The Kier molecular flexibility index (Phi) is 11.4. The van der Waals surface area contributed by atoms with Crippen LogP contribution in [0.4, 0.5) is 0 Å². The number of aromatic nitrogens is 1. The van der Waals surface area contributed by atoms with E-state index in [-0.39, 0.29) is 41.5 Å². The minimum absolute atomic E-state index is 0. The lowest BCUT2D eigenvalue weighted by Crippen LogP contribution is -2.42. The van der Waals surface area contributed by atoms with E-state index in [1.54, 1.807) is 12.3 Å². The lowest BCUT2D eigenvalue weighted by Gasteiger charge is -2.27. The molecule has 8 nitrogen and oxygen atoms in total. The third kappa shape index (κ3) is 7.98. The van der Waals surface area contributed by atoms with Crippen molar-refractivity contribution in [2.45, 2.75) is 30.7 Å². The van der Waals surface area contributed by atoms with E-state index in [9.17, 15) is 8.42 Å². The third-order valence-electron chi connectivity index (χ3n) is 5.19. The maximum Gasteiger partial charge on any atom is 0.242 e. The van der Waals surface area contributed by atoms with Crippen molar-refractivity contribution < 1.29 is 8.42 Å². The van der Waals surface area contributed by atoms with E-state index in [1.165, 1.54) is 30.7 Å². The highest BCUT2D eigenvalue weighted by atomic mass is 127. The molecule has 1 unspecified atom stereocenters. The van der Waals surface area contributed by atoms with Gasteiger partial charge in [0.25, 0.3) is 0 Å². The Morgan fingerprint density at radius 1 is 1.09 bits per heavy atom. The fourth-order valence-corrected chi connectivity index (χ4v) is 4.63. The predicted octanol–water partition coefficient (Wildman–Crippen LogP) is 2.37. The smallest absolute Gasteiger partial charge is 0.242 e. The molecule has 176 valence electrons. The molecule has 1 aliphatic heterocycles. The van der Waals surface area contributed by atoms with E-state index >= 15 is 0 Å². The van der Waals surface area contributed by atoms with Crippen molar-refractivity contribution in [3.05, 3.63) is 60.4 Å². The number of nitrogens with one attached hydrogen (secondary N) is 3. The van der Waals surface area contributed by atoms with Crippen LogP contribution in [0.5, 0.6) is 0 Å². The van der Waals surface area contributed by atoms with Gasteiger partial charge in [0.05, 0.1) is 12.6 Å². The Hall–Kier alpha value is -1.76. The number of likely N-dealkylation sites (tertiary alicyclic amines) is 1. The predicted molar refractivity (Wildman–Crippen MR) is 139 cm³/mol. The van der Waals surface area contributed by atoms with Crippen LogP contribution in [0.25, 0.3) is 0 Å². The summed E-state index contributed by atoms with van der Waals surface area (Å²) in [5, 5.41) is 6.46. The zero-order valence-electron chi connectivity index (χ0n) is 18.4. The Balaban J connectivity index is 0.00000363. The van der Waals surface area contributed by atoms with Crippen LogP contribution in [0.2, 0.25) is 0 Å². The van der Waals surface area contributed by atoms with Crippen molar-refractivity contribution in [3.8, 4) is 0 Å². The number of halogens is 1. The number of aliphatic imine (C=N–C) groups is 1. The lowest BCUT2D eigenvalue weighted by molar-refractivity contribution is 0.251. The first-order valence-electron chi connectivity index (χ1n) is 10.8.